The number of nitrogens with zero attached hydrogens (tertiary/aromatic N) is 3. The fourth-order valence-electron chi connectivity index (χ4n) is 2.13. The Morgan fingerprint density at radius 1 is 1.00 bits per heavy atom. The quantitative estimate of drug-likeness (QED) is 0.449. The molecular weight excluding hydrogens is 330 g/mol. The molecule has 0 aliphatic carbocycles. The van der Waals surface area contributed by atoms with Crippen LogP contribution in [0.1, 0.15) is 15.9 Å². The van der Waals surface area contributed by atoms with Crippen LogP contribution < -0.4 is 4.90 Å². The molecule has 0 aliphatic rings. The maximum atomic E-state index is 12.3. The molecule has 0 spiro atoms. The van der Waals surface area contributed by atoms with Gasteiger partial charge in [-0.2, -0.15) is 0 Å². The van der Waals surface area contributed by atoms with Gasteiger partial charge in [0.15, 0.2) is 0 Å². The van der Waals surface area contributed by atoms with E-state index >= 15 is 0 Å². The molecule has 0 saturated carbocycles. The van der Waals surface area contributed by atoms with Gasteiger partial charge in [-0.1, -0.05) is 0 Å². The fraction of sp³-hybridized carbons (Fsp3) is 0.188. The highest BCUT2D eigenvalue weighted by Gasteiger charge is 2.19. The van der Waals surface area contributed by atoms with Crippen LogP contribution >= 0.6 is 0 Å². The predicted molar refractivity (Wildman–Crippen MR) is 89.6 cm³/mol. The molecule has 0 bridgehead atoms. The number of hydrogen-bond donors (Lipinski definition) is 0. The Kier molecular flexibility index (Phi) is 5.28. The first-order valence-corrected chi connectivity index (χ1v) is 7.16. The number of esters is 1. The molecule has 0 aliphatic heterocycles. The van der Waals surface area contributed by atoms with Gasteiger partial charge < -0.3 is 9.64 Å². The van der Waals surface area contributed by atoms with Crippen molar-refractivity contribution in [3.8, 4) is 0 Å². The Bertz CT molecular complexity index is 817. The lowest BCUT2D eigenvalue weighted by molar-refractivity contribution is -0.385. The van der Waals surface area contributed by atoms with Crippen molar-refractivity contribution in [2.24, 2.45) is 0 Å². The van der Waals surface area contributed by atoms with Gasteiger partial charge in [-0.25, -0.2) is 4.79 Å². The third kappa shape index (κ3) is 4.28. The molecule has 0 N–H and O–H groups in total. The van der Waals surface area contributed by atoms with Crippen LogP contribution in [0.25, 0.3) is 0 Å². The molecule has 0 heterocycles. The van der Waals surface area contributed by atoms with Gasteiger partial charge >= 0.3 is 5.97 Å². The summed E-state index contributed by atoms with van der Waals surface area (Å²) in [6.07, 6.45) is 0. The molecule has 0 fully saturated rings. The van der Waals surface area contributed by atoms with Gasteiger partial charge in [0, 0.05) is 38.4 Å². The van der Waals surface area contributed by atoms with E-state index in [-0.39, 0.29) is 23.5 Å². The molecule has 2 rings (SSSR count). The number of nitro groups is 2. The first-order chi connectivity index (χ1) is 11.8. The van der Waals surface area contributed by atoms with Crippen LogP contribution in [-0.4, -0.2) is 29.9 Å². The summed E-state index contributed by atoms with van der Waals surface area (Å²) in [6.45, 7) is -0.105. The number of rotatable bonds is 6. The van der Waals surface area contributed by atoms with E-state index in [4.69, 9.17) is 4.74 Å². The number of carbonyl (C=O) groups excluding carboxylic acids is 1. The minimum Gasteiger partial charge on any atom is -0.457 e. The largest absolute Gasteiger partial charge is 0.457 e. The van der Waals surface area contributed by atoms with Gasteiger partial charge in [-0.15, -0.1) is 0 Å². The molecule has 9 heteroatoms. The van der Waals surface area contributed by atoms with Gasteiger partial charge in [0.1, 0.15) is 6.61 Å². The zero-order valence-electron chi connectivity index (χ0n) is 13.5. The summed E-state index contributed by atoms with van der Waals surface area (Å²) in [5.41, 5.74) is 0.840. The highest BCUT2D eigenvalue weighted by molar-refractivity contribution is 5.96. The van der Waals surface area contributed by atoms with Crippen molar-refractivity contribution in [2.75, 3.05) is 19.0 Å². The van der Waals surface area contributed by atoms with Crippen molar-refractivity contribution >= 4 is 23.0 Å². The molecule has 0 aromatic heterocycles. The second-order valence-electron chi connectivity index (χ2n) is 5.35. The van der Waals surface area contributed by atoms with E-state index in [2.05, 4.69) is 0 Å². The number of ether oxygens (including phenoxy) is 1. The Morgan fingerprint density at radius 3 is 2.08 bits per heavy atom. The molecular formula is C16H15N3O6. The number of non-ortho nitro benzene ring substituents is 2. The van der Waals surface area contributed by atoms with Gasteiger partial charge in [0.25, 0.3) is 11.4 Å². The molecule has 0 atom stereocenters. The monoisotopic (exact) mass is 345 g/mol. The van der Waals surface area contributed by atoms with E-state index in [1.807, 2.05) is 0 Å². The molecule has 130 valence electrons. The van der Waals surface area contributed by atoms with Crippen LogP contribution in [0.2, 0.25) is 0 Å². The van der Waals surface area contributed by atoms with Crippen LogP contribution in [0.5, 0.6) is 0 Å². The number of hydrogen-bond acceptors (Lipinski definition) is 7. The SMILES string of the molecule is CN(C)c1ccc([N+](=O)[O-])cc1C(=O)OCc1ccc([N+](=O)[O-])cc1. The number of anilines is 1. The standard InChI is InChI=1S/C16H15N3O6/c1-17(2)15-8-7-13(19(23)24)9-14(15)16(20)25-10-11-3-5-12(6-4-11)18(21)22/h3-9H,10H2,1-2H3. The van der Waals surface area contributed by atoms with E-state index in [1.165, 1.54) is 36.4 Å². The van der Waals surface area contributed by atoms with Crippen LogP contribution in [-0.2, 0) is 11.3 Å². The highest BCUT2D eigenvalue weighted by Crippen LogP contribution is 2.25. The smallest absolute Gasteiger partial charge is 0.340 e. The van der Waals surface area contributed by atoms with Crippen LogP contribution in [0, 0.1) is 20.2 Å². The van der Waals surface area contributed by atoms with Crippen molar-refractivity contribution in [1.82, 2.24) is 0 Å². The summed E-state index contributed by atoms with van der Waals surface area (Å²) < 4.78 is 5.18. The molecule has 2 aromatic carbocycles. The minimum absolute atomic E-state index is 0.0661. The Labute approximate surface area is 142 Å². The van der Waals surface area contributed by atoms with Crippen LogP contribution in [0.4, 0.5) is 17.1 Å². The minimum atomic E-state index is -0.717. The Morgan fingerprint density at radius 2 is 1.56 bits per heavy atom. The second kappa shape index (κ2) is 7.39. The van der Waals surface area contributed by atoms with Gasteiger partial charge in [-0.3, -0.25) is 20.2 Å². The van der Waals surface area contributed by atoms with Crippen molar-refractivity contribution in [3.05, 3.63) is 73.8 Å². The fourth-order valence-corrected chi connectivity index (χ4v) is 2.13. The molecule has 25 heavy (non-hydrogen) atoms. The van der Waals surface area contributed by atoms with Crippen LogP contribution in [0.15, 0.2) is 42.5 Å². The van der Waals surface area contributed by atoms with Crippen molar-refractivity contribution in [1.29, 1.82) is 0 Å². The maximum absolute atomic E-state index is 12.3. The molecule has 0 saturated heterocycles. The number of carbonyl (C=O) groups is 1. The topological polar surface area (TPSA) is 116 Å². The van der Waals surface area contributed by atoms with E-state index in [0.717, 1.165) is 6.07 Å². The van der Waals surface area contributed by atoms with Gasteiger partial charge in [0.2, 0.25) is 0 Å². The Balaban J connectivity index is 2.18. The van der Waals surface area contributed by atoms with Crippen LogP contribution in [0.3, 0.4) is 0 Å². The lowest BCUT2D eigenvalue weighted by atomic mass is 10.1. The summed E-state index contributed by atoms with van der Waals surface area (Å²) in [6, 6.07) is 9.51. The summed E-state index contributed by atoms with van der Waals surface area (Å²) in [4.78, 5) is 34.4. The first-order valence-electron chi connectivity index (χ1n) is 7.16. The maximum Gasteiger partial charge on any atom is 0.340 e. The summed E-state index contributed by atoms with van der Waals surface area (Å²) in [7, 11) is 3.41. The summed E-state index contributed by atoms with van der Waals surface area (Å²) in [5, 5.41) is 21.5. The summed E-state index contributed by atoms with van der Waals surface area (Å²) in [5.74, 6) is -0.717. The average molecular weight is 345 g/mol. The molecule has 0 amide bonds. The molecule has 9 nitrogen and oxygen atoms in total. The third-order valence-electron chi connectivity index (χ3n) is 3.41. The van der Waals surface area contributed by atoms with E-state index in [9.17, 15) is 25.0 Å². The first kappa shape index (κ1) is 17.9. The molecule has 0 radical (unpaired) electrons. The van der Waals surface area contributed by atoms with E-state index < -0.39 is 15.8 Å². The van der Waals surface area contributed by atoms with Gasteiger partial charge in [-0.05, 0) is 23.8 Å². The van der Waals surface area contributed by atoms with Gasteiger partial charge in [0.05, 0.1) is 21.1 Å². The Hall–Kier alpha value is -3.49. The lowest BCUT2D eigenvalue weighted by Gasteiger charge is -2.16. The normalized spacial score (nSPS) is 10.2. The lowest BCUT2D eigenvalue weighted by Crippen LogP contribution is -2.15. The van der Waals surface area contributed by atoms with Crippen molar-refractivity contribution in [3.63, 3.8) is 0 Å². The predicted octanol–water partition coefficient (Wildman–Crippen LogP) is 2.93. The highest BCUT2D eigenvalue weighted by atomic mass is 16.6. The van der Waals surface area contributed by atoms with E-state index in [0.29, 0.717) is 11.3 Å². The van der Waals surface area contributed by atoms with Crippen molar-refractivity contribution in [2.45, 2.75) is 6.61 Å². The molecule has 0 unspecified atom stereocenters. The number of nitro benzene ring substituents is 2. The third-order valence-corrected chi connectivity index (χ3v) is 3.41. The zero-order valence-corrected chi connectivity index (χ0v) is 13.5. The average Bonchev–Trinajstić information content (AvgIpc) is 2.59. The molecule has 2 aromatic rings. The van der Waals surface area contributed by atoms with E-state index in [1.54, 1.807) is 19.0 Å². The summed E-state index contributed by atoms with van der Waals surface area (Å²) >= 11 is 0. The number of benzene rings is 2. The second-order valence-corrected chi connectivity index (χ2v) is 5.35. The van der Waals surface area contributed by atoms with Crippen molar-refractivity contribution < 1.29 is 19.4 Å². The zero-order chi connectivity index (χ0) is 18.6.